The lowest BCUT2D eigenvalue weighted by atomic mass is 10.2. The molecule has 23 heavy (non-hydrogen) atoms. The normalized spacial score (nSPS) is 15.9. The SMILES string of the molecule is CCCc1noc([C@@H](C)Nc2ccc(N3CCCC3=O)cc2)n1. The summed E-state index contributed by atoms with van der Waals surface area (Å²) in [7, 11) is 0. The number of hydrogen-bond donors (Lipinski definition) is 1. The number of amides is 1. The number of benzene rings is 1. The Bertz CT molecular complexity index is 665. The van der Waals surface area contributed by atoms with Gasteiger partial charge in [-0.3, -0.25) is 4.79 Å². The van der Waals surface area contributed by atoms with Crippen LogP contribution in [0.25, 0.3) is 0 Å². The van der Waals surface area contributed by atoms with Gasteiger partial charge in [0.2, 0.25) is 11.8 Å². The Balaban J connectivity index is 1.64. The highest BCUT2D eigenvalue weighted by Gasteiger charge is 2.21. The van der Waals surface area contributed by atoms with Crippen molar-refractivity contribution in [1.29, 1.82) is 0 Å². The molecule has 0 aliphatic carbocycles. The first-order chi connectivity index (χ1) is 11.2. The number of aryl methyl sites for hydroxylation is 1. The number of rotatable bonds is 6. The number of hydrogen-bond acceptors (Lipinski definition) is 5. The lowest BCUT2D eigenvalue weighted by molar-refractivity contribution is -0.117. The van der Waals surface area contributed by atoms with Crippen LogP contribution in [0.3, 0.4) is 0 Å². The third-order valence-corrected chi connectivity index (χ3v) is 3.96. The molecule has 1 aliphatic rings. The van der Waals surface area contributed by atoms with Crippen LogP contribution >= 0.6 is 0 Å². The highest BCUT2D eigenvalue weighted by molar-refractivity contribution is 5.95. The minimum Gasteiger partial charge on any atom is -0.374 e. The molecule has 1 aromatic carbocycles. The first kappa shape index (κ1) is 15.5. The van der Waals surface area contributed by atoms with Gasteiger partial charge >= 0.3 is 0 Å². The molecule has 1 aliphatic heterocycles. The van der Waals surface area contributed by atoms with Crippen LogP contribution in [0, 0.1) is 0 Å². The standard InChI is InChI=1S/C17H22N4O2/c1-3-5-15-19-17(23-20-15)12(2)18-13-7-9-14(10-8-13)21-11-4-6-16(21)22/h7-10,12,18H,3-6,11H2,1-2H3/t12-/m1/s1. The summed E-state index contributed by atoms with van der Waals surface area (Å²) >= 11 is 0. The molecule has 1 saturated heterocycles. The van der Waals surface area contributed by atoms with E-state index in [-0.39, 0.29) is 11.9 Å². The summed E-state index contributed by atoms with van der Waals surface area (Å²) in [5, 5.41) is 7.32. The molecule has 0 spiro atoms. The van der Waals surface area contributed by atoms with Gasteiger partial charge in [0.1, 0.15) is 6.04 Å². The second-order valence-corrected chi connectivity index (χ2v) is 5.86. The second kappa shape index (κ2) is 6.81. The molecule has 2 aromatic rings. The van der Waals surface area contributed by atoms with E-state index >= 15 is 0 Å². The minimum atomic E-state index is -0.0626. The Labute approximate surface area is 135 Å². The van der Waals surface area contributed by atoms with E-state index in [1.807, 2.05) is 36.1 Å². The van der Waals surface area contributed by atoms with Gasteiger partial charge < -0.3 is 14.7 Å². The van der Waals surface area contributed by atoms with Crippen molar-refractivity contribution in [3.8, 4) is 0 Å². The predicted octanol–water partition coefficient (Wildman–Crippen LogP) is 3.32. The summed E-state index contributed by atoms with van der Waals surface area (Å²) in [5.41, 5.74) is 1.91. The van der Waals surface area contributed by atoms with Crippen molar-refractivity contribution in [3.63, 3.8) is 0 Å². The molecule has 6 nitrogen and oxygen atoms in total. The second-order valence-electron chi connectivity index (χ2n) is 5.86. The molecular weight excluding hydrogens is 292 g/mol. The molecule has 3 rings (SSSR count). The summed E-state index contributed by atoms with van der Waals surface area (Å²) in [6.07, 6.45) is 3.41. The monoisotopic (exact) mass is 314 g/mol. The van der Waals surface area contributed by atoms with Crippen LogP contribution in [0.5, 0.6) is 0 Å². The van der Waals surface area contributed by atoms with Gasteiger partial charge in [-0.25, -0.2) is 0 Å². The maximum absolute atomic E-state index is 11.8. The summed E-state index contributed by atoms with van der Waals surface area (Å²) in [6, 6.07) is 7.82. The first-order valence-electron chi connectivity index (χ1n) is 8.17. The third-order valence-electron chi connectivity index (χ3n) is 3.96. The summed E-state index contributed by atoms with van der Waals surface area (Å²) < 4.78 is 5.29. The molecule has 6 heteroatoms. The fraction of sp³-hybridized carbons (Fsp3) is 0.471. The van der Waals surface area contributed by atoms with Crippen LogP contribution in [-0.4, -0.2) is 22.6 Å². The molecule has 0 radical (unpaired) electrons. The largest absolute Gasteiger partial charge is 0.374 e. The maximum atomic E-state index is 11.8. The topological polar surface area (TPSA) is 71.3 Å². The van der Waals surface area contributed by atoms with Crippen molar-refractivity contribution in [3.05, 3.63) is 36.0 Å². The van der Waals surface area contributed by atoms with E-state index in [1.54, 1.807) is 0 Å². The zero-order valence-electron chi connectivity index (χ0n) is 13.6. The van der Waals surface area contributed by atoms with Gasteiger partial charge in [-0.1, -0.05) is 12.1 Å². The van der Waals surface area contributed by atoms with E-state index in [0.717, 1.165) is 43.0 Å². The van der Waals surface area contributed by atoms with Crippen molar-refractivity contribution in [1.82, 2.24) is 10.1 Å². The lowest BCUT2D eigenvalue weighted by Crippen LogP contribution is -2.23. The molecular formula is C17H22N4O2. The smallest absolute Gasteiger partial charge is 0.248 e. The van der Waals surface area contributed by atoms with Gasteiger partial charge in [-0.05, 0) is 44.0 Å². The van der Waals surface area contributed by atoms with Gasteiger partial charge in [-0.2, -0.15) is 4.98 Å². The zero-order chi connectivity index (χ0) is 16.2. The van der Waals surface area contributed by atoms with Crippen LogP contribution in [0.4, 0.5) is 11.4 Å². The maximum Gasteiger partial charge on any atom is 0.248 e. The number of nitrogens with zero attached hydrogens (tertiary/aromatic N) is 3. The first-order valence-corrected chi connectivity index (χ1v) is 8.17. The fourth-order valence-electron chi connectivity index (χ4n) is 2.74. The number of anilines is 2. The molecule has 0 unspecified atom stereocenters. The van der Waals surface area contributed by atoms with Crippen LogP contribution in [-0.2, 0) is 11.2 Å². The van der Waals surface area contributed by atoms with Crippen LogP contribution in [0.1, 0.15) is 50.9 Å². The fourth-order valence-corrected chi connectivity index (χ4v) is 2.74. The quantitative estimate of drug-likeness (QED) is 0.885. The molecule has 2 heterocycles. The molecule has 1 fully saturated rings. The van der Waals surface area contributed by atoms with Crippen molar-refractivity contribution >= 4 is 17.3 Å². The van der Waals surface area contributed by atoms with Crippen molar-refractivity contribution < 1.29 is 9.32 Å². The molecule has 1 N–H and O–H groups in total. The molecule has 1 amide bonds. The van der Waals surface area contributed by atoms with Gasteiger partial charge in [0.15, 0.2) is 5.82 Å². The number of carbonyl (C=O) groups excluding carboxylic acids is 1. The average molecular weight is 314 g/mol. The highest BCUT2D eigenvalue weighted by atomic mass is 16.5. The minimum absolute atomic E-state index is 0.0626. The van der Waals surface area contributed by atoms with E-state index < -0.39 is 0 Å². The molecule has 0 saturated carbocycles. The van der Waals surface area contributed by atoms with E-state index in [9.17, 15) is 4.79 Å². The van der Waals surface area contributed by atoms with E-state index in [0.29, 0.717) is 12.3 Å². The van der Waals surface area contributed by atoms with E-state index in [2.05, 4.69) is 22.4 Å². The number of aromatic nitrogens is 2. The Morgan fingerprint density at radius 1 is 1.35 bits per heavy atom. The van der Waals surface area contributed by atoms with E-state index in [4.69, 9.17) is 4.52 Å². The predicted molar refractivity (Wildman–Crippen MR) is 88.4 cm³/mol. The van der Waals surface area contributed by atoms with E-state index in [1.165, 1.54) is 0 Å². The van der Waals surface area contributed by atoms with Gasteiger partial charge in [-0.15, -0.1) is 0 Å². The van der Waals surface area contributed by atoms with Crippen LogP contribution < -0.4 is 10.2 Å². The summed E-state index contributed by atoms with van der Waals surface area (Å²) in [5.74, 6) is 1.54. The molecule has 1 aromatic heterocycles. The lowest BCUT2D eigenvalue weighted by Gasteiger charge is -2.17. The Morgan fingerprint density at radius 2 is 2.13 bits per heavy atom. The van der Waals surface area contributed by atoms with Gasteiger partial charge in [0, 0.05) is 30.8 Å². The Hall–Kier alpha value is -2.37. The highest BCUT2D eigenvalue weighted by Crippen LogP contribution is 2.25. The average Bonchev–Trinajstić information content (AvgIpc) is 3.18. The van der Waals surface area contributed by atoms with Gasteiger partial charge in [0.05, 0.1) is 0 Å². The van der Waals surface area contributed by atoms with Crippen LogP contribution in [0.2, 0.25) is 0 Å². The molecule has 122 valence electrons. The number of carbonyl (C=O) groups is 1. The van der Waals surface area contributed by atoms with Crippen molar-refractivity contribution in [2.75, 3.05) is 16.8 Å². The third kappa shape index (κ3) is 3.52. The summed E-state index contributed by atoms with van der Waals surface area (Å²) in [4.78, 5) is 18.0. The van der Waals surface area contributed by atoms with Crippen molar-refractivity contribution in [2.45, 2.75) is 45.6 Å². The number of nitrogens with one attached hydrogen (secondary N) is 1. The molecule has 1 atom stereocenters. The van der Waals surface area contributed by atoms with Crippen molar-refractivity contribution in [2.24, 2.45) is 0 Å². The summed E-state index contributed by atoms with van der Waals surface area (Å²) in [6.45, 7) is 4.88. The Kier molecular flexibility index (Phi) is 4.60. The molecule has 0 bridgehead atoms. The Morgan fingerprint density at radius 3 is 2.78 bits per heavy atom. The van der Waals surface area contributed by atoms with Crippen LogP contribution in [0.15, 0.2) is 28.8 Å². The van der Waals surface area contributed by atoms with Gasteiger partial charge in [0.25, 0.3) is 0 Å². The zero-order valence-corrected chi connectivity index (χ0v) is 13.6.